The highest BCUT2D eigenvalue weighted by Gasteiger charge is 2.21. The van der Waals surface area contributed by atoms with Gasteiger partial charge in [-0.05, 0) is 45.5 Å². The molecule has 4 heteroatoms. The van der Waals surface area contributed by atoms with Crippen molar-refractivity contribution in [1.29, 1.82) is 0 Å². The molecule has 0 aliphatic carbocycles. The molecule has 0 spiro atoms. The van der Waals surface area contributed by atoms with Crippen LogP contribution in [0.15, 0.2) is 18.3 Å². The van der Waals surface area contributed by atoms with Crippen molar-refractivity contribution in [1.82, 2.24) is 0 Å². The van der Waals surface area contributed by atoms with Gasteiger partial charge in [-0.25, -0.2) is 4.79 Å². The second kappa shape index (κ2) is 5.36. The van der Waals surface area contributed by atoms with Crippen LogP contribution in [0.3, 0.4) is 0 Å². The summed E-state index contributed by atoms with van der Waals surface area (Å²) >= 11 is 1.47. The molecule has 0 radical (unpaired) electrons. The number of rotatable bonds is 3. The van der Waals surface area contributed by atoms with Gasteiger partial charge in [0.2, 0.25) is 0 Å². The average molecular weight is 253 g/mol. The third-order valence-electron chi connectivity index (χ3n) is 2.01. The van der Waals surface area contributed by atoms with Crippen LogP contribution < -0.4 is 5.73 Å². The minimum atomic E-state index is -0.454. The Hall–Kier alpha value is -1.29. The van der Waals surface area contributed by atoms with Crippen molar-refractivity contribution in [3.05, 3.63) is 33.7 Å². The van der Waals surface area contributed by atoms with Gasteiger partial charge in [-0.15, -0.1) is 11.3 Å². The van der Waals surface area contributed by atoms with Gasteiger partial charge in [0, 0.05) is 11.3 Å². The van der Waals surface area contributed by atoms with E-state index in [1.807, 2.05) is 39.8 Å². The lowest BCUT2D eigenvalue weighted by Crippen LogP contribution is -2.23. The minimum absolute atomic E-state index is 0.247. The van der Waals surface area contributed by atoms with Gasteiger partial charge in [0.1, 0.15) is 10.5 Å². The molecule has 0 aromatic carbocycles. The molecule has 0 aliphatic heterocycles. The fourth-order valence-corrected chi connectivity index (χ4v) is 2.38. The highest BCUT2D eigenvalue weighted by molar-refractivity contribution is 7.14. The first-order chi connectivity index (χ1) is 7.83. The van der Waals surface area contributed by atoms with E-state index in [2.05, 4.69) is 0 Å². The van der Waals surface area contributed by atoms with E-state index >= 15 is 0 Å². The van der Waals surface area contributed by atoms with Crippen molar-refractivity contribution in [3.63, 3.8) is 0 Å². The topological polar surface area (TPSA) is 52.3 Å². The number of carbonyl (C=O) groups is 1. The summed E-state index contributed by atoms with van der Waals surface area (Å²) in [5, 5.41) is 0. The van der Waals surface area contributed by atoms with Crippen LogP contribution in [0.1, 0.15) is 40.9 Å². The molecule has 0 fully saturated rings. The highest BCUT2D eigenvalue weighted by atomic mass is 32.1. The van der Waals surface area contributed by atoms with Gasteiger partial charge >= 0.3 is 5.97 Å². The summed E-state index contributed by atoms with van der Waals surface area (Å²) in [5.41, 5.74) is 5.81. The van der Waals surface area contributed by atoms with Crippen LogP contribution in [0.2, 0.25) is 0 Å². The summed E-state index contributed by atoms with van der Waals surface area (Å²) in [6, 6.07) is 2.00. The molecule has 1 heterocycles. The predicted molar refractivity (Wildman–Crippen MR) is 71.3 cm³/mol. The molecule has 0 bridgehead atoms. The smallest absolute Gasteiger partial charge is 0.349 e. The largest absolute Gasteiger partial charge is 0.456 e. The number of hydrogen-bond donors (Lipinski definition) is 1. The Balaban J connectivity index is 2.84. The lowest BCUT2D eigenvalue weighted by Gasteiger charge is -2.19. The minimum Gasteiger partial charge on any atom is -0.456 e. The predicted octanol–water partition coefficient (Wildman–Crippen LogP) is 3.03. The Morgan fingerprint density at radius 2 is 2.18 bits per heavy atom. The van der Waals surface area contributed by atoms with Crippen molar-refractivity contribution in [2.24, 2.45) is 5.73 Å². The first-order valence-electron chi connectivity index (χ1n) is 5.53. The zero-order valence-electron chi connectivity index (χ0n) is 10.7. The van der Waals surface area contributed by atoms with Crippen LogP contribution >= 0.6 is 11.3 Å². The van der Waals surface area contributed by atoms with Crippen LogP contribution in [0, 0.1) is 6.92 Å². The third-order valence-corrected chi connectivity index (χ3v) is 3.25. The zero-order valence-corrected chi connectivity index (χ0v) is 11.6. The molecule has 1 aromatic heterocycles. The first-order valence-corrected chi connectivity index (χ1v) is 6.34. The summed E-state index contributed by atoms with van der Waals surface area (Å²) in [6.45, 7) is 7.52. The maximum absolute atomic E-state index is 11.9. The molecular weight excluding hydrogens is 234 g/mol. The zero-order chi connectivity index (χ0) is 13.1. The lowest BCUT2D eigenvalue weighted by molar-refractivity contribution is 0.00746. The molecule has 1 aromatic rings. The first kappa shape index (κ1) is 13.8. The van der Waals surface area contributed by atoms with Gasteiger partial charge in [0.05, 0.1) is 0 Å². The second-order valence-electron chi connectivity index (χ2n) is 4.86. The summed E-state index contributed by atoms with van der Waals surface area (Å²) in [5.74, 6) is -0.247. The molecule has 0 aliphatic rings. The molecule has 0 atom stereocenters. The standard InChI is InChI=1S/C13H19NO2S/c1-9-8-10(6-5-7-14)17-11(9)12(15)16-13(2,3)4/h5,7-8H,6,14H2,1-4H3. The van der Waals surface area contributed by atoms with Crippen molar-refractivity contribution in [3.8, 4) is 0 Å². The number of allylic oxidation sites excluding steroid dienone is 1. The number of carbonyl (C=O) groups excluding carboxylic acids is 1. The van der Waals surface area contributed by atoms with E-state index < -0.39 is 5.60 Å². The van der Waals surface area contributed by atoms with Crippen LogP contribution in [-0.4, -0.2) is 11.6 Å². The molecular formula is C13H19NO2S. The van der Waals surface area contributed by atoms with Crippen LogP contribution in [-0.2, 0) is 11.2 Å². The Kier molecular flexibility index (Phi) is 4.34. The fraction of sp³-hybridized carbons (Fsp3) is 0.462. The van der Waals surface area contributed by atoms with E-state index in [1.165, 1.54) is 17.5 Å². The van der Waals surface area contributed by atoms with Gasteiger partial charge in [0.25, 0.3) is 0 Å². The number of hydrogen-bond acceptors (Lipinski definition) is 4. The van der Waals surface area contributed by atoms with E-state index in [0.717, 1.165) is 16.9 Å². The van der Waals surface area contributed by atoms with E-state index in [-0.39, 0.29) is 5.97 Å². The van der Waals surface area contributed by atoms with E-state index in [4.69, 9.17) is 10.5 Å². The number of ether oxygens (including phenoxy) is 1. The van der Waals surface area contributed by atoms with Crippen LogP contribution in [0.5, 0.6) is 0 Å². The molecule has 1 rings (SSSR count). The number of nitrogens with two attached hydrogens (primary N) is 1. The Bertz CT molecular complexity index is 427. The van der Waals surface area contributed by atoms with Crippen molar-refractivity contribution >= 4 is 17.3 Å². The second-order valence-corrected chi connectivity index (χ2v) is 6.00. The number of aryl methyl sites for hydroxylation is 1. The van der Waals surface area contributed by atoms with E-state index in [0.29, 0.717) is 4.88 Å². The number of esters is 1. The molecule has 0 saturated heterocycles. The summed E-state index contributed by atoms with van der Waals surface area (Å²) in [4.78, 5) is 13.7. The summed E-state index contributed by atoms with van der Waals surface area (Å²) < 4.78 is 5.35. The molecule has 0 unspecified atom stereocenters. The van der Waals surface area contributed by atoms with E-state index in [1.54, 1.807) is 0 Å². The number of thiophene rings is 1. The van der Waals surface area contributed by atoms with Crippen LogP contribution in [0.4, 0.5) is 0 Å². The van der Waals surface area contributed by atoms with Gasteiger partial charge in [-0.3, -0.25) is 0 Å². The van der Waals surface area contributed by atoms with Crippen LogP contribution in [0.25, 0.3) is 0 Å². The Morgan fingerprint density at radius 3 is 2.71 bits per heavy atom. The average Bonchev–Trinajstić information content (AvgIpc) is 2.54. The molecule has 3 nitrogen and oxygen atoms in total. The maximum Gasteiger partial charge on any atom is 0.349 e. The molecule has 0 saturated carbocycles. The van der Waals surface area contributed by atoms with Gasteiger partial charge in [-0.1, -0.05) is 6.08 Å². The maximum atomic E-state index is 11.9. The Morgan fingerprint density at radius 1 is 1.53 bits per heavy atom. The third kappa shape index (κ3) is 4.23. The normalized spacial score (nSPS) is 12.0. The van der Waals surface area contributed by atoms with Crippen molar-refractivity contribution < 1.29 is 9.53 Å². The van der Waals surface area contributed by atoms with Gasteiger partial charge in [0.15, 0.2) is 0 Å². The SMILES string of the molecule is Cc1cc(CC=CN)sc1C(=O)OC(C)(C)C. The van der Waals surface area contributed by atoms with Gasteiger partial charge < -0.3 is 10.5 Å². The monoisotopic (exact) mass is 253 g/mol. The fourth-order valence-electron chi connectivity index (χ4n) is 1.36. The van der Waals surface area contributed by atoms with Crippen molar-refractivity contribution in [2.75, 3.05) is 0 Å². The van der Waals surface area contributed by atoms with E-state index in [9.17, 15) is 4.79 Å². The molecule has 17 heavy (non-hydrogen) atoms. The summed E-state index contributed by atoms with van der Waals surface area (Å²) in [7, 11) is 0. The Labute approximate surface area is 106 Å². The summed E-state index contributed by atoms with van der Waals surface area (Å²) in [6.07, 6.45) is 4.14. The van der Waals surface area contributed by atoms with Gasteiger partial charge in [-0.2, -0.15) is 0 Å². The lowest BCUT2D eigenvalue weighted by atomic mass is 10.2. The molecule has 94 valence electrons. The molecule has 2 N–H and O–H groups in total. The molecule has 0 amide bonds. The quantitative estimate of drug-likeness (QED) is 0.842. The van der Waals surface area contributed by atoms with Crippen molar-refractivity contribution in [2.45, 2.75) is 39.7 Å². The highest BCUT2D eigenvalue weighted by Crippen LogP contribution is 2.25.